The number of thiazole rings is 1. The number of esters is 1. The number of pyridine rings is 1. The average molecular weight is 500 g/mol. The van der Waals surface area contributed by atoms with Crippen LogP contribution < -0.4 is 9.64 Å². The molecule has 8 heteroatoms. The Morgan fingerprint density at radius 1 is 1.11 bits per heavy atom. The molecule has 0 fully saturated rings. The van der Waals surface area contributed by atoms with Crippen molar-refractivity contribution in [3.05, 3.63) is 83.9 Å². The normalized spacial score (nSPS) is 15.7. The van der Waals surface area contributed by atoms with Crippen LogP contribution in [0.1, 0.15) is 25.8 Å². The SMILES string of the molecule is CCC(C(=O)OCc1ccccc1)N1C(=O)C(C)Oc2ccc(-c3csc(-c4ccccn4)n3)cc21. The third-order valence-electron chi connectivity index (χ3n) is 5.99. The second-order valence-electron chi connectivity index (χ2n) is 8.42. The van der Waals surface area contributed by atoms with Gasteiger partial charge >= 0.3 is 5.97 Å². The van der Waals surface area contributed by atoms with Gasteiger partial charge in [-0.05, 0) is 49.2 Å². The molecule has 36 heavy (non-hydrogen) atoms. The van der Waals surface area contributed by atoms with Gasteiger partial charge in [0.2, 0.25) is 0 Å². The van der Waals surface area contributed by atoms with Crippen molar-refractivity contribution in [2.75, 3.05) is 4.90 Å². The van der Waals surface area contributed by atoms with Crippen LogP contribution >= 0.6 is 11.3 Å². The minimum atomic E-state index is -0.777. The third-order valence-corrected chi connectivity index (χ3v) is 6.85. The van der Waals surface area contributed by atoms with Crippen LogP contribution in [-0.4, -0.2) is 34.0 Å². The summed E-state index contributed by atoms with van der Waals surface area (Å²) >= 11 is 1.50. The summed E-state index contributed by atoms with van der Waals surface area (Å²) in [4.78, 5) is 37.1. The van der Waals surface area contributed by atoms with Crippen LogP contribution in [0.3, 0.4) is 0 Å². The fourth-order valence-electron chi connectivity index (χ4n) is 4.13. The second-order valence-corrected chi connectivity index (χ2v) is 9.28. The number of nitrogens with zero attached hydrogens (tertiary/aromatic N) is 3. The van der Waals surface area contributed by atoms with Crippen LogP contribution in [0.2, 0.25) is 0 Å². The van der Waals surface area contributed by atoms with Crippen molar-refractivity contribution in [2.24, 2.45) is 0 Å². The average Bonchev–Trinajstić information content (AvgIpc) is 3.41. The zero-order chi connectivity index (χ0) is 25.1. The lowest BCUT2D eigenvalue weighted by Gasteiger charge is -2.37. The maximum atomic E-state index is 13.3. The van der Waals surface area contributed by atoms with E-state index in [2.05, 4.69) is 4.98 Å². The molecule has 5 rings (SSSR count). The number of rotatable bonds is 7. The Kier molecular flexibility index (Phi) is 6.77. The minimum absolute atomic E-state index is 0.145. The molecule has 3 heterocycles. The van der Waals surface area contributed by atoms with Gasteiger partial charge in [0, 0.05) is 17.1 Å². The summed E-state index contributed by atoms with van der Waals surface area (Å²) in [6.45, 7) is 3.70. The maximum absolute atomic E-state index is 13.3. The van der Waals surface area contributed by atoms with Gasteiger partial charge in [0.05, 0.1) is 17.1 Å². The van der Waals surface area contributed by atoms with Crippen LogP contribution in [-0.2, 0) is 20.9 Å². The lowest BCUT2D eigenvalue weighted by molar-refractivity contribution is -0.148. The van der Waals surface area contributed by atoms with E-state index >= 15 is 0 Å². The molecule has 0 N–H and O–H groups in total. The number of carbonyl (C=O) groups excluding carboxylic acids is 2. The van der Waals surface area contributed by atoms with E-state index in [4.69, 9.17) is 14.5 Å². The summed E-state index contributed by atoms with van der Waals surface area (Å²) in [5.41, 5.74) is 3.79. The van der Waals surface area contributed by atoms with Crippen molar-refractivity contribution in [1.82, 2.24) is 9.97 Å². The molecule has 7 nitrogen and oxygen atoms in total. The Labute approximate surface area is 213 Å². The lowest BCUT2D eigenvalue weighted by atomic mass is 10.0. The van der Waals surface area contributed by atoms with Gasteiger partial charge in [-0.15, -0.1) is 11.3 Å². The van der Waals surface area contributed by atoms with E-state index < -0.39 is 18.1 Å². The molecule has 0 saturated heterocycles. The van der Waals surface area contributed by atoms with Crippen LogP contribution in [0.15, 0.2) is 78.3 Å². The fraction of sp³-hybridized carbons (Fsp3) is 0.214. The van der Waals surface area contributed by atoms with E-state index in [0.717, 1.165) is 27.5 Å². The van der Waals surface area contributed by atoms with Crippen LogP contribution in [0, 0.1) is 0 Å². The molecule has 182 valence electrons. The Morgan fingerprint density at radius 2 is 1.92 bits per heavy atom. The highest BCUT2D eigenvalue weighted by atomic mass is 32.1. The first-order chi connectivity index (χ1) is 17.5. The molecule has 1 aliphatic rings. The summed E-state index contributed by atoms with van der Waals surface area (Å²) in [5.74, 6) is -0.192. The van der Waals surface area contributed by atoms with Gasteiger partial charge in [0.1, 0.15) is 23.4 Å². The smallest absolute Gasteiger partial charge is 0.329 e. The van der Waals surface area contributed by atoms with Gasteiger partial charge < -0.3 is 9.47 Å². The molecule has 2 atom stereocenters. The molecular weight excluding hydrogens is 474 g/mol. The Morgan fingerprint density at radius 3 is 2.67 bits per heavy atom. The van der Waals surface area contributed by atoms with Crippen LogP contribution in [0.5, 0.6) is 5.75 Å². The predicted octanol–water partition coefficient (Wildman–Crippen LogP) is 5.51. The maximum Gasteiger partial charge on any atom is 0.329 e. The molecule has 4 aromatic rings. The molecule has 0 saturated carbocycles. The first-order valence-electron chi connectivity index (χ1n) is 11.8. The lowest BCUT2D eigenvalue weighted by Crippen LogP contribution is -2.52. The van der Waals surface area contributed by atoms with Crippen LogP contribution in [0.4, 0.5) is 5.69 Å². The summed E-state index contributed by atoms with van der Waals surface area (Å²) in [6, 6.07) is 20.0. The monoisotopic (exact) mass is 499 g/mol. The number of fused-ring (bicyclic) bond motifs is 1. The highest BCUT2D eigenvalue weighted by molar-refractivity contribution is 7.13. The van der Waals surface area contributed by atoms with E-state index in [1.165, 1.54) is 16.2 Å². The highest BCUT2D eigenvalue weighted by Crippen LogP contribution is 2.40. The third kappa shape index (κ3) is 4.72. The number of carbonyl (C=O) groups is 2. The molecule has 0 aliphatic carbocycles. The first-order valence-corrected chi connectivity index (χ1v) is 12.6. The van der Waals surface area contributed by atoms with Gasteiger partial charge in [-0.2, -0.15) is 0 Å². The van der Waals surface area contributed by atoms with Crippen molar-refractivity contribution in [1.29, 1.82) is 0 Å². The Hall–Kier alpha value is -4.04. The molecule has 0 radical (unpaired) electrons. The van der Waals surface area contributed by atoms with Crippen molar-refractivity contribution < 1.29 is 19.1 Å². The fourth-order valence-corrected chi connectivity index (χ4v) is 4.94. The zero-order valence-electron chi connectivity index (χ0n) is 20.0. The van der Waals surface area contributed by atoms with Gasteiger partial charge in [-0.3, -0.25) is 14.7 Å². The quantitative estimate of drug-likeness (QED) is 0.312. The first kappa shape index (κ1) is 23.7. The second kappa shape index (κ2) is 10.3. The summed E-state index contributed by atoms with van der Waals surface area (Å²) in [7, 11) is 0. The molecule has 0 bridgehead atoms. The number of benzene rings is 2. The number of amides is 1. The number of hydrogen-bond acceptors (Lipinski definition) is 7. The van der Waals surface area contributed by atoms with Crippen molar-refractivity contribution >= 4 is 28.9 Å². The molecule has 2 aromatic carbocycles. The van der Waals surface area contributed by atoms with Crippen molar-refractivity contribution in [2.45, 2.75) is 39.0 Å². The summed E-state index contributed by atoms with van der Waals surface area (Å²) in [6.07, 6.45) is 1.42. The molecule has 1 amide bonds. The van der Waals surface area contributed by atoms with E-state index in [1.807, 2.05) is 79.0 Å². The van der Waals surface area contributed by atoms with E-state index in [1.54, 1.807) is 13.1 Å². The van der Waals surface area contributed by atoms with E-state index in [0.29, 0.717) is 17.9 Å². The van der Waals surface area contributed by atoms with Gasteiger partial charge in [-0.25, -0.2) is 9.78 Å². The molecule has 0 spiro atoms. The number of anilines is 1. The summed E-state index contributed by atoms with van der Waals surface area (Å²) < 4.78 is 11.5. The molecule has 2 unspecified atom stereocenters. The minimum Gasteiger partial charge on any atom is -0.479 e. The predicted molar refractivity (Wildman–Crippen MR) is 139 cm³/mol. The van der Waals surface area contributed by atoms with Crippen molar-refractivity contribution in [3.63, 3.8) is 0 Å². The largest absolute Gasteiger partial charge is 0.479 e. The van der Waals surface area contributed by atoms with E-state index in [-0.39, 0.29) is 12.5 Å². The number of ether oxygens (including phenoxy) is 2. The highest BCUT2D eigenvalue weighted by Gasteiger charge is 2.39. The van der Waals surface area contributed by atoms with Crippen LogP contribution in [0.25, 0.3) is 22.0 Å². The Balaban J connectivity index is 1.45. The zero-order valence-corrected chi connectivity index (χ0v) is 20.8. The van der Waals surface area contributed by atoms with Gasteiger partial charge in [-0.1, -0.05) is 43.3 Å². The number of hydrogen-bond donors (Lipinski definition) is 0. The van der Waals surface area contributed by atoms with Crippen molar-refractivity contribution in [3.8, 4) is 27.7 Å². The molecular formula is C28H25N3O4S. The van der Waals surface area contributed by atoms with Gasteiger partial charge in [0.15, 0.2) is 6.10 Å². The number of aromatic nitrogens is 2. The van der Waals surface area contributed by atoms with Gasteiger partial charge in [0.25, 0.3) is 5.91 Å². The Bertz CT molecular complexity index is 1370. The molecule has 1 aliphatic heterocycles. The summed E-state index contributed by atoms with van der Waals surface area (Å²) in [5, 5.41) is 2.76. The standard InChI is InChI=1S/C28H25N3O4S/c1-3-23(28(33)34-16-19-9-5-4-6-10-19)31-24-15-20(12-13-25(24)35-18(2)27(31)32)22-17-36-26(30-22)21-11-7-8-14-29-21/h4-15,17-18,23H,3,16H2,1-2H3. The van der Waals surface area contributed by atoms with E-state index in [9.17, 15) is 9.59 Å². The molecule has 2 aromatic heterocycles. The topological polar surface area (TPSA) is 81.6 Å².